The quantitative estimate of drug-likeness (QED) is 0.240. The molecule has 0 N–H and O–H groups in total. The molecule has 0 heterocycles. The van der Waals surface area contributed by atoms with Crippen LogP contribution in [0, 0.1) is 15.9 Å². The average Bonchev–Trinajstić information content (AvgIpc) is 3.02. The Morgan fingerprint density at radius 3 is 2.31 bits per heavy atom. The third-order valence-electron chi connectivity index (χ3n) is 4.98. The number of hydrogen-bond donors (Lipinski definition) is 0. The normalized spacial score (nSPS) is 16.7. The molecule has 2 aromatic rings. The molecular weight excluding hydrogens is 486 g/mol. The Bertz CT molecular complexity index is 856. The fourth-order valence-electron chi connectivity index (χ4n) is 3.61. The minimum absolute atomic E-state index is 0.210. The van der Waals surface area contributed by atoms with Crippen LogP contribution in [0.4, 0.5) is 0 Å². The van der Waals surface area contributed by atoms with Crippen LogP contribution >= 0.6 is 31.8 Å². The molecule has 0 spiro atoms. The molecule has 0 bridgehead atoms. The number of ketones is 1. The van der Waals surface area contributed by atoms with Gasteiger partial charge in [-0.25, -0.2) is 0 Å². The maximum Gasteiger partial charge on any atom is 0.165 e. The number of carbonyl (C=O) groups excluding carboxylic acids is 1. The lowest BCUT2D eigenvalue weighted by atomic mass is 9.78. The molecule has 2 aromatic carbocycles. The zero-order chi connectivity index (χ0) is 22.2. The smallest absolute Gasteiger partial charge is 0.165 e. The van der Waals surface area contributed by atoms with Crippen LogP contribution in [0.15, 0.2) is 48.6 Å². The van der Waals surface area contributed by atoms with Crippen LogP contribution in [0.5, 0.6) is 0 Å². The van der Waals surface area contributed by atoms with Crippen LogP contribution in [-0.4, -0.2) is 5.78 Å². The highest BCUT2D eigenvalue weighted by atomic mass is 127. The lowest BCUT2D eigenvalue weighted by molar-refractivity contribution is -0.123. The number of rotatable bonds is 4. The summed E-state index contributed by atoms with van der Waals surface area (Å²) in [5, 5.41) is 1.14. The summed E-state index contributed by atoms with van der Waals surface area (Å²) in [6, 6.07) is 12.8. The van der Waals surface area contributed by atoms with E-state index < -0.39 is 0 Å². The number of Topliss-reactive ketones (excluding diaryl/α,β-unsaturated/α-hetero) is 1. The predicted molar refractivity (Wildman–Crippen MR) is 140 cm³/mol. The molecular formula is C26H36IOP. The summed E-state index contributed by atoms with van der Waals surface area (Å²) in [4.78, 5) is 13.1. The van der Waals surface area contributed by atoms with Crippen LogP contribution in [-0.2, 0) is 24.1 Å². The van der Waals surface area contributed by atoms with Gasteiger partial charge in [-0.1, -0.05) is 71.9 Å². The van der Waals surface area contributed by atoms with Gasteiger partial charge in [0.05, 0.1) is 0 Å². The van der Waals surface area contributed by atoms with Gasteiger partial charge in [-0.3, -0.25) is 4.79 Å². The first-order valence-corrected chi connectivity index (χ1v) is 12.2. The van der Waals surface area contributed by atoms with E-state index in [2.05, 4.69) is 103 Å². The van der Waals surface area contributed by atoms with Crippen molar-refractivity contribution in [3.05, 3.63) is 74.4 Å². The van der Waals surface area contributed by atoms with Crippen molar-refractivity contribution in [3.8, 4) is 0 Å². The van der Waals surface area contributed by atoms with Gasteiger partial charge in [-0.15, -0.1) is 9.24 Å². The summed E-state index contributed by atoms with van der Waals surface area (Å²) in [7, 11) is 2.72. The average molecular weight is 522 g/mol. The Morgan fingerprint density at radius 1 is 1.10 bits per heavy atom. The molecule has 0 aliphatic heterocycles. The summed E-state index contributed by atoms with van der Waals surface area (Å²) in [6.45, 7) is 16.6. The van der Waals surface area contributed by atoms with Gasteiger partial charge < -0.3 is 0 Å². The van der Waals surface area contributed by atoms with E-state index in [0.717, 1.165) is 23.7 Å². The molecule has 2 atom stereocenters. The Balaban J connectivity index is 0.000000771. The lowest BCUT2D eigenvalue weighted by Gasteiger charge is -2.23. The molecule has 158 valence electrons. The SMILES string of the molecule is C=C(Cc1cc(P)ccc1C)C(=O)C1(C)Cc2ccc(I)cc2C1.CC.CCC. The first-order chi connectivity index (χ1) is 13.7. The summed E-state index contributed by atoms with van der Waals surface area (Å²) in [5.41, 5.74) is 5.39. The van der Waals surface area contributed by atoms with E-state index in [0.29, 0.717) is 6.42 Å². The van der Waals surface area contributed by atoms with E-state index in [4.69, 9.17) is 0 Å². The van der Waals surface area contributed by atoms with Gasteiger partial charge in [0.1, 0.15) is 0 Å². The first-order valence-electron chi connectivity index (χ1n) is 10.5. The fourth-order valence-corrected chi connectivity index (χ4v) is 4.47. The second kappa shape index (κ2) is 12.0. The molecule has 2 unspecified atom stereocenters. The molecule has 1 aliphatic rings. The van der Waals surface area contributed by atoms with Gasteiger partial charge in [0.15, 0.2) is 5.78 Å². The Morgan fingerprint density at radius 2 is 1.69 bits per heavy atom. The summed E-state index contributed by atoms with van der Waals surface area (Å²) in [6.07, 6.45) is 3.52. The standard InChI is InChI=1S/C21H22IOP.C3H8.C2H6/c1-13-4-7-19(24)10-16(13)8-14(2)20(23)21(3)11-15-5-6-18(22)9-17(15)12-21;1-3-2;1-2/h4-7,9-10H,2,8,11-12,24H2,1,3H3;3H2,1-2H3;1-2H3. The number of carbonyl (C=O) groups is 1. The molecule has 1 nitrogen and oxygen atoms in total. The maximum absolute atomic E-state index is 13.1. The molecule has 0 radical (unpaired) electrons. The number of fused-ring (bicyclic) bond motifs is 1. The molecule has 0 amide bonds. The van der Waals surface area contributed by atoms with E-state index >= 15 is 0 Å². The maximum atomic E-state index is 13.1. The number of allylic oxidation sites excluding steroid dienone is 1. The van der Waals surface area contributed by atoms with E-state index in [-0.39, 0.29) is 11.2 Å². The van der Waals surface area contributed by atoms with Crippen LogP contribution in [0.2, 0.25) is 0 Å². The Labute approximate surface area is 194 Å². The number of halogens is 1. The highest BCUT2D eigenvalue weighted by Crippen LogP contribution is 2.39. The van der Waals surface area contributed by atoms with Crippen molar-refractivity contribution in [2.24, 2.45) is 5.41 Å². The summed E-state index contributed by atoms with van der Waals surface area (Å²) < 4.78 is 1.23. The highest BCUT2D eigenvalue weighted by Gasteiger charge is 2.40. The van der Waals surface area contributed by atoms with Crippen molar-refractivity contribution < 1.29 is 4.79 Å². The van der Waals surface area contributed by atoms with Crippen molar-refractivity contribution >= 4 is 42.9 Å². The molecule has 0 saturated carbocycles. The summed E-state index contributed by atoms with van der Waals surface area (Å²) >= 11 is 2.33. The minimum atomic E-state index is -0.351. The minimum Gasteiger partial charge on any atom is -0.294 e. The van der Waals surface area contributed by atoms with Crippen molar-refractivity contribution in [3.63, 3.8) is 0 Å². The second-order valence-electron chi connectivity index (χ2n) is 7.83. The van der Waals surface area contributed by atoms with Crippen molar-refractivity contribution in [1.82, 2.24) is 0 Å². The summed E-state index contributed by atoms with van der Waals surface area (Å²) in [5.74, 6) is 0.210. The van der Waals surface area contributed by atoms with Crippen LogP contribution < -0.4 is 5.30 Å². The van der Waals surface area contributed by atoms with Gasteiger partial charge in [0.25, 0.3) is 0 Å². The Kier molecular flexibility index (Phi) is 10.8. The third kappa shape index (κ3) is 7.03. The molecule has 0 aromatic heterocycles. The molecule has 3 rings (SSSR count). The van der Waals surface area contributed by atoms with E-state index in [9.17, 15) is 4.79 Å². The van der Waals surface area contributed by atoms with Gasteiger partial charge in [0.2, 0.25) is 0 Å². The molecule has 0 fully saturated rings. The third-order valence-corrected chi connectivity index (χ3v) is 6.01. The number of aryl methyl sites for hydroxylation is 1. The zero-order valence-corrected chi connectivity index (χ0v) is 22.2. The van der Waals surface area contributed by atoms with Crippen LogP contribution in [0.25, 0.3) is 0 Å². The number of benzene rings is 2. The van der Waals surface area contributed by atoms with Gasteiger partial charge >= 0.3 is 0 Å². The lowest BCUT2D eigenvalue weighted by Crippen LogP contribution is -2.30. The number of hydrogen-bond acceptors (Lipinski definition) is 1. The zero-order valence-electron chi connectivity index (χ0n) is 18.9. The monoisotopic (exact) mass is 522 g/mol. The predicted octanol–water partition coefficient (Wildman–Crippen LogP) is 7.02. The van der Waals surface area contributed by atoms with E-state index in [1.807, 2.05) is 13.8 Å². The van der Waals surface area contributed by atoms with E-state index in [1.54, 1.807) is 0 Å². The topological polar surface area (TPSA) is 17.1 Å². The Hall–Kier alpha value is -0.990. The largest absolute Gasteiger partial charge is 0.294 e. The van der Waals surface area contributed by atoms with Crippen molar-refractivity contribution in [1.29, 1.82) is 0 Å². The van der Waals surface area contributed by atoms with E-state index in [1.165, 1.54) is 32.2 Å². The molecule has 29 heavy (non-hydrogen) atoms. The van der Waals surface area contributed by atoms with Crippen LogP contribution in [0.1, 0.15) is 63.3 Å². The van der Waals surface area contributed by atoms with Gasteiger partial charge in [-0.05, 0) is 87.6 Å². The van der Waals surface area contributed by atoms with Crippen LogP contribution in [0.3, 0.4) is 0 Å². The fraction of sp³-hybridized carbons (Fsp3) is 0.423. The molecule has 0 saturated heterocycles. The van der Waals surface area contributed by atoms with Crippen molar-refractivity contribution in [2.75, 3.05) is 0 Å². The molecule has 3 heteroatoms. The second-order valence-corrected chi connectivity index (χ2v) is 9.74. The van der Waals surface area contributed by atoms with Crippen molar-refractivity contribution in [2.45, 2.75) is 67.2 Å². The molecule has 1 aliphatic carbocycles. The highest BCUT2D eigenvalue weighted by molar-refractivity contribution is 14.1. The van der Waals surface area contributed by atoms with Gasteiger partial charge in [-0.2, -0.15) is 0 Å². The van der Waals surface area contributed by atoms with Gasteiger partial charge in [0, 0.05) is 15.4 Å². The first kappa shape index (κ1) is 26.0.